The van der Waals surface area contributed by atoms with Crippen molar-refractivity contribution in [3.05, 3.63) is 24.6 Å². The molecule has 90 valence electrons. The minimum absolute atomic E-state index is 0.323. The van der Waals surface area contributed by atoms with Crippen LogP contribution in [0.1, 0.15) is 6.42 Å². The van der Waals surface area contributed by atoms with Gasteiger partial charge in [0.05, 0.1) is 12.6 Å². The SMILES string of the molecule is CO[C@H]1C=CN(C2C=CN(C)CC2)C[C@H]1F. The Morgan fingerprint density at radius 2 is 2.12 bits per heavy atom. The van der Waals surface area contributed by atoms with Crippen LogP contribution in [0.15, 0.2) is 24.6 Å². The number of hydrogen-bond donors (Lipinski definition) is 0. The summed E-state index contributed by atoms with van der Waals surface area (Å²) in [6.45, 7) is 1.45. The lowest BCUT2D eigenvalue weighted by molar-refractivity contribution is 0.0361. The maximum atomic E-state index is 13.7. The van der Waals surface area contributed by atoms with Gasteiger partial charge in [-0.25, -0.2) is 4.39 Å². The summed E-state index contributed by atoms with van der Waals surface area (Å²) in [7, 11) is 3.60. The van der Waals surface area contributed by atoms with Crippen LogP contribution < -0.4 is 0 Å². The van der Waals surface area contributed by atoms with E-state index in [1.54, 1.807) is 13.2 Å². The van der Waals surface area contributed by atoms with Gasteiger partial charge in [0, 0.05) is 20.7 Å². The molecule has 0 N–H and O–H groups in total. The zero-order valence-electron chi connectivity index (χ0n) is 9.84. The summed E-state index contributed by atoms with van der Waals surface area (Å²) in [6.07, 6.45) is 7.70. The van der Waals surface area contributed by atoms with Gasteiger partial charge in [-0.2, -0.15) is 0 Å². The first-order valence-electron chi connectivity index (χ1n) is 5.70. The van der Waals surface area contributed by atoms with E-state index < -0.39 is 6.17 Å². The molecule has 0 aromatic heterocycles. The van der Waals surface area contributed by atoms with E-state index in [1.165, 1.54) is 0 Å². The lowest BCUT2D eigenvalue weighted by atomic mass is 10.1. The molecule has 2 rings (SSSR count). The van der Waals surface area contributed by atoms with Gasteiger partial charge in [-0.3, -0.25) is 0 Å². The molecular weight excluding hydrogens is 207 g/mol. The second kappa shape index (κ2) is 4.87. The van der Waals surface area contributed by atoms with Gasteiger partial charge in [-0.1, -0.05) is 0 Å². The number of hydrogen-bond acceptors (Lipinski definition) is 3. The molecule has 0 bridgehead atoms. The summed E-state index contributed by atoms with van der Waals surface area (Å²) >= 11 is 0. The number of halogens is 1. The van der Waals surface area contributed by atoms with Crippen LogP contribution in [-0.4, -0.2) is 55.4 Å². The molecule has 2 aliphatic heterocycles. The van der Waals surface area contributed by atoms with Crippen LogP contribution in [-0.2, 0) is 4.74 Å². The van der Waals surface area contributed by atoms with E-state index in [0.29, 0.717) is 12.6 Å². The third-order valence-corrected chi connectivity index (χ3v) is 3.25. The summed E-state index contributed by atoms with van der Waals surface area (Å²) in [4.78, 5) is 4.21. The Morgan fingerprint density at radius 3 is 2.69 bits per heavy atom. The van der Waals surface area contributed by atoms with Gasteiger partial charge in [0.1, 0.15) is 12.3 Å². The quantitative estimate of drug-likeness (QED) is 0.707. The highest BCUT2D eigenvalue weighted by Gasteiger charge is 2.28. The van der Waals surface area contributed by atoms with Crippen molar-refractivity contribution < 1.29 is 9.13 Å². The molecular formula is C12H19FN2O. The van der Waals surface area contributed by atoms with E-state index in [1.807, 2.05) is 6.20 Å². The Hall–Kier alpha value is -1.03. The molecule has 0 aromatic rings. The zero-order valence-corrected chi connectivity index (χ0v) is 9.84. The largest absolute Gasteiger partial charge is 0.381 e. The van der Waals surface area contributed by atoms with Crippen molar-refractivity contribution in [3.63, 3.8) is 0 Å². The molecule has 0 radical (unpaired) electrons. The Labute approximate surface area is 96.2 Å². The normalized spacial score (nSPS) is 34.6. The average Bonchev–Trinajstić information content (AvgIpc) is 2.30. The Kier molecular flexibility index (Phi) is 3.49. The van der Waals surface area contributed by atoms with E-state index in [9.17, 15) is 4.39 Å². The van der Waals surface area contributed by atoms with Crippen LogP contribution in [0.2, 0.25) is 0 Å². The summed E-state index contributed by atoms with van der Waals surface area (Å²) in [5, 5.41) is 0. The van der Waals surface area contributed by atoms with E-state index in [4.69, 9.17) is 4.74 Å². The maximum absolute atomic E-state index is 13.7. The number of rotatable bonds is 2. The number of methoxy groups -OCH3 is 1. The molecule has 16 heavy (non-hydrogen) atoms. The topological polar surface area (TPSA) is 15.7 Å². The first-order chi connectivity index (χ1) is 7.70. The minimum Gasteiger partial charge on any atom is -0.381 e. The Balaban J connectivity index is 1.99. The van der Waals surface area contributed by atoms with Crippen LogP contribution in [0.25, 0.3) is 0 Å². The molecule has 0 aliphatic carbocycles. The van der Waals surface area contributed by atoms with Crippen molar-refractivity contribution in [1.82, 2.24) is 9.80 Å². The lowest BCUT2D eigenvalue weighted by Gasteiger charge is -2.37. The van der Waals surface area contributed by atoms with Gasteiger partial charge in [-0.05, 0) is 31.0 Å². The fourth-order valence-corrected chi connectivity index (χ4v) is 2.18. The monoisotopic (exact) mass is 226 g/mol. The van der Waals surface area contributed by atoms with Gasteiger partial charge in [-0.15, -0.1) is 0 Å². The molecule has 0 fully saturated rings. The molecule has 2 aliphatic rings. The summed E-state index contributed by atoms with van der Waals surface area (Å²) in [5.41, 5.74) is 0. The van der Waals surface area contributed by atoms with Crippen LogP contribution in [0.4, 0.5) is 4.39 Å². The molecule has 4 heteroatoms. The molecule has 3 nitrogen and oxygen atoms in total. The Morgan fingerprint density at radius 1 is 1.31 bits per heavy atom. The van der Waals surface area contributed by atoms with Crippen LogP contribution >= 0.6 is 0 Å². The van der Waals surface area contributed by atoms with Crippen molar-refractivity contribution >= 4 is 0 Å². The van der Waals surface area contributed by atoms with Gasteiger partial charge >= 0.3 is 0 Å². The maximum Gasteiger partial charge on any atom is 0.147 e. The van der Waals surface area contributed by atoms with E-state index in [-0.39, 0.29) is 6.10 Å². The van der Waals surface area contributed by atoms with Crippen molar-refractivity contribution in [2.45, 2.75) is 24.7 Å². The first-order valence-corrected chi connectivity index (χ1v) is 5.70. The molecule has 0 saturated heterocycles. The number of nitrogens with zero attached hydrogens (tertiary/aromatic N) is 2. The lowest BCUT2D eigenvalue weighted by Crippen LogP contribution is -2.44. The minimum atomic E-state index is -0.928. The van der Waals surface area contributed by atoms with E-state index in [0.717, 1.165) is 13.0 Å². The highest BCUT2D eigenvalue weighted by molar-refractivity contribution is 5.07. The van der Waals surface area contributed by atoms with Crippen molar-refractivity contribution in [2.24, 2.45) is 0 Å². The van der Waals surface area contributed by atoms with Crippen molar-refractivity contribution in [1.29, 1.82) is 0 Å². The molecule has 0 aromatic carbocycles. The highest BCUT2D eigenvalue weighted by Crippen LogP contribution is 2.20. The summed E-state index contributed by atoms with van der Waals surface area (Å²) in [6, 6.07) is 0.323. The second-order valence-electron chi connectivity index (χ2n) is 4.43. The van der Waals surface area contributed by atoms with Gasteiger partial charge in [0.2, 0.25) is 0 Å². The van der Waals surface area contributed by atoms with E-state index >= 15 is 0 Å². The van der Waals surface area contributed by atoms with Gasteiger partial charge in [0.25, 0.3) is 0 Å². The van der Waals surface area contributed by atoms with Gasteiger partial charge < -0.3 is 14.5 Å². The summed E-state index contributed by atoms with van der Waals surface area (Å²) in [5.74, 6) is 0. The third kappa shape index (κ3) is 2.38. The zero-order chi connectivity index (χ0) is 11.5. The van der Waals surface area contributed by atoms with E-state index in [2.05, 4.69) is 29.1 Å². The fraction of sp³-hybridized carbons (Fsp3) is 0.667. The number of alkyl halides is 1. The number of ether oxygens (including phenoxy) is 1. The predicted octanol–water partition coefficient (Wildman–Crippen LogP) is 1.39. The molecule has 0 spiro atoms. The first kappa shape index (κ1) is 11.5. The average molecular weight is 226 g/mol. The van der Waals surface area contributed by atoms with Crippen LogP contribution in [0.5, 0.6) is 0 Å². The standard InChI is InChI=1S/C12H19FN2O/c1-14-6-3-10(4-7-14)15-8-5-12(16-2)11(13)9-15/h3,5-6,8,10-12H,4,7,9H2,1-2H3/t10?,11-,12+/m1/s1. The predicted molar refractivity (Wildman–Crippen MR) is 61.7 cm³/mol. The third-order valence-electron chi connectivity index (χ3n) is 3.25. The molecule has 3 atom stereocenters. The van der Waals surface area contributed by atoms with Crippen LogP contribution in [0, 0.1) is 0 Å². The van der Waals surface area contributed by atoms with Crippen molar-refractivity contribution in [2.75, 3.05) is 27.2 Å². The molecule has 2 heterocycles. The van der Waals surface area contributed by atoms with Crippen LogP contribution in [0.3, 0.4) is 0 Å². The second-order valence-corrected chi connectivity index (χ2v) is 4.43. The smallest absolute Gasteiger partial charge is 0.147 e. The van der Waals surface area contributed by atoms with Crippen molar-refractivity contribution in [3.8, 4) is 0 Å². The Bertz CT molecular complexity index is 293. The summed E-state index contributed by atoms with van der Waals surface area (Å²) < 4.78 is 18.7. The molecule has 1 unspecified atom stereocenters. The van der Waals surface area contributed by atoms with Gasteiger partial charge in [0.15, 0.2) is 0 Å². The molecule has 0 saturated carbocycles. The highest BCUT2D eigenvalue weighted by atomic mass is 19.1. The molecule has 0 amide bonds. The fourth-order valence-electron chi connectivity index (χ4n) is 2.18.